The fourth-order valence-electron chi connectivity index (χ4n) is 3.20. The van der Waals surface area contributed by atoms with Crippen LogP contribution in [0, 0.1) is 0 Å². The Hall–Kier alpha value is -2.45. The Balaban J connectivity index is 0.00000225. The van der Waals surface area contributed by atoms with E-state index in [0.29, 0.717) is 23.2 Å². The van der Waals surface area contributed by atoms with Crippen LogP contribution in [0.25, 0.3) is 0 Å². The van der Waals surface area contributed by atoms with E-state index in [1.165, 1.54) is 12.8 Å². The minimum absolute atomic E-state index is 0. The van der Waals surface area contributed by atoms with E-state index >= 15 is 0 Å². The number of carbonyl (C=O) groups is 1. The van der Waals surface area contributed by atoms with Gasteiger partial charge >= 0.3 is 0 Å². The molecule has 2 aromatic heterocycles. The zero-order chi connectivity index (χ0) is 18.6. The third-order valence-electron chi connectivity index (χ3n) is 4.92. The van der Waals surface area contributed by atoms with Crippen LogP contribution in [0.4, 0.5) is 17.5 Å². The molecule has 2 fully saturated rings. The summed E-state index contributed by atoms with van der Waals surface area (Å²) in [4.78, 5) is 28.0. The molecule has 4 rings (SSSR count). The Labute approximate surface area is 171 Å². The second-order valence-electron chi connectivity index (χ2n) is 6.97. The summed E-state index contributed by atoms with van der Waals surface area (Å²) in [5, 5.41) is 9.28. The second-order valence-corrected chi connectivity index (χ2v) is 6.97. The highest BCUT2D eigenvalue weighted by atomic mass is 35.5. The van der Waals surface area contributed by atoms with Gasteiger partial charge in [-0.2, -0.15) is 4.98 Å². The van der Waals surface area contributed by atoms with Crippen molar-refractivity contribution in [3.05, 3.63) is 35.8 Å². The van der Waals surface area contributed by atoms with E-state index in [4.69, 9.17) is 0 Å². The van der Waals surface area contributed by atoms with Gasteiger partial charge in [0.2, 0.25) is 5.95 Å². The maximum absolute atomic E-state index is 12.2. The molecule has 28 heavy (non-hydrogen) atoms. The molecule has 1 saturated carbocycles. The molecule has 0 radical (unpaired) electrons. The van der Waals surface area contributed by atoms with Crippen molar-refractivity contribution in [1.29, 1.82) is 0 Å². The van der Waals surface area contributed by atoms with Crippen molar-refractivity contribution < 1.29 is 4.79 Å². The van der Waals surface area contributed by atoms with Crippen molar-refractivity contribution in [1.82, 2.24) is 25.6 Å². The summed E-state index contributed by atoms with van der Waals surface area (Å²) in [7, 11) is 1.60. The Bertz CT molecular complexity index is 802. The van der Waals surface area contributed by atoms with Gasteiger partial charge in [-0.1, -0.05) is 0 Å². The smallest absolute Gasteiger partial charge is 0.256 e. The molecule has 1 aliphatic heterocycles. The van der Waals surface area contributed by atoms with Crippen LogP contribution in [0.3, 0.4) is 0 Å². The molecule has 8 nitrogen and oxygen atoms in total. The zero-order valence-electron chi connectivity index (χ0n) is 15.9. The maximum atomic E-state index is 12.2. The van der Waals surface area contributed by atoms with Gasteiger partial charge in [-0.3, -0.25) is 9.78 Å². The molecule has 150 valence electrons. The zero-order valence-corrected chi connectivity index (χ0v) is 16.8. The molecule has 0 unspecified atom stereocenters. The van der Waals surface area contributed by atoms with E-state index in [-0.39, 0.29) is 18.3 Å². The van der Waals surface area contributed by atoms with Crippen LogP contribution in [0.15, 0.2) is 24.5 Å². The predicted octanol–water partition coefficient (Wildman–Crippen LogP) is 2.07. The average Bonchev–Trinajstić information content (AvgIpc) is 3.55. The van der Waals surface area contributed by atoms with Gasteiger partial charge < -0.3 is 20.9 Å². The normalized spacial score (nSPS) is 16.7. The number of hydrogen-bond acceptors (Lipinski definition) is 7. The van der Waals surface area contributed by atoms with Gasteiger partial charge in [-0.05, 0) is 37.9 Å². The number of nitrogens with zero attached hydrogens (tertiary/aromatic N) is 4. The molecule has 0 spiro atoms. The lowest BCUT2D eigenvalue weighted by Crippen LogP contribution is -2.30. The second kappa shape index (κ2) is 9.16. The molecule has 1 amide bonds. The van der Waals surface area contributed by atoms with E-state index in [2.05, 4.69) is 35.8 Å². The highest BCUT2D eigenvalue weighted by molar-refractivity contribution is 5.99. The highest BCUT2D eigenvalue weighted by Gasteiger charge is 2.24. The first-order chi connectivity index (χ1) is 13.2. The van der Waals surface area contributed by atoms with Crippen LogP contribution in [0.1, 0.15) is 41.2 Å². The first-order valence-electron chi connectivity index (χ1n) is 9.52. The Morgan fingerprint density at radius 1 is 1.18 bits per heavy atom. The predicted molar refractivity (Wildman–Crippen MR) is 112 cm³/mol. The number of aromatic nitrogens is 3. The van der Waals surface area contributed by atoms with Crippen molar-refractivity contribution in [3.8, 4) is 0 Å². The standard InChI is InChI=1S/C19H25N7O.ClH/c1-20-18(27)15-12-23-19(26-9-2-7-21-8-10-26)25-17(15)24-14-5-6-16(22-11-14)13-3-4-13;/h5-6,11-13,21H,2-4,7-10H2,1H3,(H,20,27)(H,23,24,25);1H. The summed E-state index contributed by atoms with van der Waals surface area (Å²) < 4.78 is 0. The van der Waals surface area contributed by atoms with Crippen LogP contribution < -0.4 is 20.9 Å². The maximum Gasteiger partial charge on any atom is 0.256 e. The van der Waals surface area contributed by atoms with Gasteiger partial charge in [-0.15, -0.1) is 12.4 Å². The van der Waals surface area contributed by atoms with Crippen molar-refractivity contribution in [2.75, 3.05) is 43.4 Å². The summed E-state index contributed by atoms with van der Waals surface area (Å²) in [5.41, 5.74) is 2.36. The minimum atomic E-state index is -0.218. The fraction of sp³-hybridized carbons (Fsp3) is 0.474. The van der Waals surface area contributed by atoms with Crippen molar-refractivity contribution in [3.63, 3.8) is 0 Å². The van der Waals surface area contributed by atoms with Crippen LogP contribution >= 0.6 is 12.4 Å². The van der Waals surface area contributed by atoms with E-state index < -0.39 is 0 Å². The Kier molecular flexibility index (Phi) is 6.64. The fourth-order valence-corrected chi connectivity index (χ4v) is 3.20. The highest BCUT2D eigenvalue weighted by Crippen LogP contribution is 2.39. The Morgan fingerprint density at radius 3 is 2.75 bits per heavy atom. The first-order valence-corrected chi connectivity index (χ1v) is 9.52. The van der Waals surface area contributed by atoms with E-state index in [0.717, 1.165) is 44.0 Å². The first kappa shape index (κ1) is 20.3. The lowest BCUT2D eigenvalue weighted by atomic mass is 10.2. The molecule has 0 atom stereocenters. The SMILES string of the molecule is CNC(=O)c1cnc(N2CCCNCC2)nc1Nc1ccc(C2CC2)nc1.Cl. The van der Waals surface area contributed by atoms with E-state index in [1.807, 2.05) is 12.1 Å². The lowest BCUT2D eigenvalue weighted by molar-refractivity contribution is 0.0963. The number of carbonyl (C=O) groups excluding carboxylic acids is 1. The lowest BCUT2D eigenvalue weighted by Gasteiger charge is -2.21. The van der Waals surface area contributed by atoms with Gasteiger partial charge in [0.05, 0.1) is 11.9 Å². The van der Waals surface area contributed by atoms with Crippen LogP contribution in [-0.2, 0) is 0 Å². The molecule has 1 aliphatic carbocycles. The monoisotopic (exact) mass is 403 g/mol. The van der Waals surface area contributed by atoms with Crippen molar-refractivity contribution >= 4 is 35.8 Å². The molecule has 0 aromatic carbocycles. The largest absolute Gasteiger partial charge is 0.355 e. The van der Waals surface area contributed by atoms with Gasteiger partial charge in [0.15, 0.2) is 0 Å². The van der Waals surface area contributed by atoms with E-state index in [9.17, 15) is 4.79 Å². The summed E-state index contributed by atoms with van der Waals surface area (Å²) >= 11 is 0. The number of nitrogens with one attached hydrogen (secondary N) is 3. The average molecular weight is 404 g/mol. The van der Waals surface area contributed by atoms with Crippen LogP contribution in [0.2, 0.25) is 0 Å². The van der Waals surface area contributed by atoms with Crippen LogP contribution in [-0.4, -0.2) is 54.1 Å². The van der Waals surface area contributed by atoms with Gasteiger partial charge in [-0.25, -0.2) is 4.98 Å². The molecular weight excluding hydrogens is 378 g/mol. The molecular formula is C19H26ClN7O. The molecule has 2 aromatic rings. The molecule has 3 N–H and O–H groups in total. The quantitative estimate of drug-likeness (QED) is 0.703. The third-order valence-corrected chi connectivity index (χ3v) is 4.92. The molecule has 3 heterocycles. The summed E-state index contributed by atoms with van der Waals surface area (Å²) in [5.74, 6) is 1.53. The molecule has 9 heteroatoms. The summed E-state index contributed by atoms with van der Waals surface area (Å²) in [6.45, 7) is 3.63. The number of halogens is 1. The van der Waals surface area contributed by atoms with Crippen LogP contribution in [0.5, 0.6) is 0 Å². The Morgan fingerprint density at radius 2 is 2.04 bits per heavy atom. The summed E-state index contributed by atoms with van der Waals surface area (Å²) in [6, 6.07) is 4.04. The number of pyridine rings is 1. The van der Waals surface area contributed by atoms with Gasteiger partial charge in [0.25, 0.3) is 5.91 Å². The third kappa shape index (κ3) is 4.69. The number of amides is 1. The number of rotatable bonds is 5. The summed E-state index contributed by atoms with van der Waals surface area (Å²) in [6.07, 6.45) is 6.88. The topological polar surface area (TPSA) is 95.1 Å². The van der Waals surface area contributed by atoms with E-state index in [1.54, 1.807) is 19.4 Å². The molecule has 1 saturated heterocycles. The minimum Gasteiger partial charge on any atom is -0.355 e. The van der Waals surface area contributed by atoms with Crippen molar-refractivity contribution in [2.45, 2.75) is 25.2 Å². The molecule has 0 bridgehead atoms. The van der Waals surface area contributed by atoms with Gasteiger partial charge in [0, 0.05) is 44.5 Å². The number of anilines is 3. The van der Waals surface area contributed by atoms with Gasteiger partial charge in [0.1, 0.15) is 11.4 Å². The number of hydrogen-bond donors (Lipinski definition) is 3. The van der Waals surface area contributed by atoms with Crippen molar-refractivity contribution in [2.24, 2.45) is 0 Å². The molecule has 2 aliphatic rings.